The summed E-state index contributed by atoms with van der Waals surface area (Å²) >= 11 is 0. The highest BCUT2D eigenvalue weighted by Crippen LogP contribution is 2.36. The SMILES string of the molecule is C[NH+]1N=C(c2c(N3CCC(c4cnc[nH]4)CC3)ccc(S(=O)(=O)NC[C@@H](N)CN)c2S(N)(=O)=O)N[N-]1. The lowest BCUT2D eigenvalue weighted by molar-refractivity contribution is -0.845. The summed E-state index contributed by atoms with van der Waals surface area (Å²) in [5.41, 5.74) is 19.5. The zero-order valence-corrected chi connectivity index (χ0v) is 21.3. The molecule has 0 saturated carbocycles. The third-order valence-corrected chi connectivity index (χ3v) is 8.73. The van der Waals surface area contributed by atoms with Gasteiger partial charge in [-0.2, -0.15) is 0 Å². The van der Waals surface area contributed by atoms with Gasteiger partial charge in [-0.15, -0.1) is 0 Å². The van der Waals surface area contributed by atoms with E-state index in [9.17, 15) is 16.8 Å². The van der Waals surface area contributed by atoms with Gasteiger partial charge >= 0.3 is 0 Å². The van der Waals surface area contributed by atoms with Crippen LogP contribution in [0.25, 0.3) is 5.53 Å². The molecule has 0 bridgehead atoms. The van der Waals surface area contributed by atoms with Crippen molar-refractivity contribution in [2.45, 2.75) is 34.6 Å². The molecule has 0 spiro atoms. The molecule has 0 aliphatic carbocycles. The molecule has 2 aromatic rings. The molecule has 1 saturated heterocycles. The number of H-pyrrole nitrogens is 1. The van der Waals surface area contributed by atoms with Crippen molar-refractivity contribution in [3.63, 3.8) is 0 Å². The number of aromatic amines is 1. The fourth-order valence-electron chi connectivity index (χ4n) is 4.30. The number of benzene rings is 1. The number of nitrogens with one attached hydrogen (secondary N) is 4. The van der Waals surface area contributed by atoms with Crippen molar-refractivity contribution in [1.82, 2.24) is 20.1 Å². The summed E-state index contributed by atoms with van der Waals surface area (Å²) in [6.07, 6.45) is 4.99. The standard InChI is InChI=1S/C19H31N11O4S2/c1-29-27-19(26-28-29)17-15(30-6-4-12(5-7-30)14-10-23-11-24-14)2-3-16(18(17)35(22,31)32)36(33,34)25-9-13(21)8-20/h2-3,10-13,25,29H,4-9,20-21H2,1H3,(H,23,24)(H,26,27)(H2,22,31,32)/t13-/m0/s1. The first-order valence-corrected chi connectivity index (χ1v) is 14.3. The lowest BCUT2D eigenvalue weighted by atomic mass is 9.93. The maximum Gasteiger partial charge on any atom is 0.242 e. The maximum atomic E-state index is 13.2. The van der Waals surface area contributed by atoms with Gasteiger partial charge in [0.15, 0.2) is 5.84 Å². The Bertz CT molecular complexity index is 1320. The summed E-state index contributed by atoms with van der Waals surface area (Å²) in [5.74, 6) is 0.367. The largest absolute Gasteiger partial charge is 0.417 e. The van der Waals surface area contributed by atoms with E-state index in [0.717, 1.165) is 18.5 Å². The van der Waals surface area contributed by atoms with Crippen LogP contribution < -0.4 is 36.8 Å². The Morgan fingerprint density at radius 1 is 1.28 bits per heavy atom. The van der Waals surface area contributed by atoms with E-state index in [0.29, 0.717) is 23.9 Å². The molecule has 198 valence electrons. The van der Waals surface area contributed by atoms with Crippen LogP contribution in [0.1, 0.15) is 30.0 Å². The maximum absolute atomic E-state index is 13.2. The molecule has 0 amide bonds. The van der Waals surface area contributed by atoms with Crippen molar-refractivity contribution in [2.24, 2.45) is 21.7 Å². The molecule has 10 N–H and O–H groups in total. The van der Waals surface area contributed by atoms with E-state index in [4.69, 9.17) is 16.6 Å². The second-order valence-electron chi connectivity index (χ2n) is 8.68. The van der Waals surface area contributed by atoms with Crippen molar-refractivity contribution < 1.29 is 22.0 Å². The fourth-order valence-corrected chi connectivity index (χ4v) is 6.99. The number of anilines is 1. The first kappa shape index (κ1) is 26.4. The second-order valence-corrected chi connectivity index (χ2v) is 11.9. The number of sulfonamides is 2. The van der Waals surface area contributed by atoms with Crippen LogP contribution in [0.5, 0.6) is 0 Å². The molecule has 1 aromatic carbocycles. The smallest absolute Gasteiger partial charge is 0.242 e. The van der Waals surface area contributed by atoms with Gasteiger partial charge in [0.25, 0.3) is 0 Å². The molecule has 3 heterocycles. The van der Waals surface area contributed by atoms with Gasteiger partial charge in [-0.3, -0.25) is 5.12 Å². The molecule has 1 unspecified atom stereocenters. The number of nitrogens with two attached hydrogens (primary N) is 3. The normalized spacial score (nSPS) is 20.3. The second kappa shape index (κ2) is 10.4. The average molecular weight is 542 g/mol. The summed E-state index contributed by atoms with van der Waals surface area (Å²) < 4.78 is 54.4. The van der Waals surface area contributed by atoms with Gasteiger partial charge < -0.3 is 32.3 Å². The Labute approximate surface area is 209 Å². The lowest BCUT2D eigenvalue weighted by Crippen LogP contribution is -2.98. The number of nitrogens with zero attached hydrogens (tertiary/aromatic N) is 4. The molecule has 0 radical (unpaired) electrons. The zero-order valence-electron chi connectivity index (χ0n) is 19.7. The lowest BCUT2D eigenvalue weighted by Gasteiger charge is -2.35. The molecular formula is C19H31N11O4S2. The van der Waals surface area contributed by atoms with Gasteiger partial charge in [-0.25, -0.2) is 31.7 Å². The molecule has 36 heavy (non-hydrogen) atoms. The number of aromatic nitrogens is 2. The van der Waals surface area contributed by atoms with Crippen molar-refractivity contribution in [1.29, 1.82) is 0 Å². The number of amidine groups is 1. The fraction of sp³-hybridized carbons (Fsp3) is 0.474. The minimum absolute atomic E-state index is 0.0423. The van der Waals surface area contributed by atoms with Gasteiger partial charge in [-0.1, -0.05) is 5.10 Å². The highest BCUT2D eigenvalue weighted by molar-refractivity contribution is 7.92. The van der Waals surface area contributed by atoms with Crippen molar-refractivity contribution in [2.75, 3.05) is 38.1 Å². The van der Waals surface area contributed by atoms with Crippen molar-refractivity contribution in [3.05, 3.63) is 41.4 Å². The number of rotatable bonds is 9. The minimum atomic E-state index is -4.54. The molecular weight excluding hydrogens is 510 g/mol. The molecule has 17 heteroatoms. The van der Waals surface area contributed by atoms with Gasteiger partial charge in [0.05, 0.1) is 18.9 Å². The van der Waals surface area contributed by atoms with Crippen LogP contribution in [-0.2, 0) is 20.0 Å². The van der Waals surface area contributed by atoms with Crippen LogP contribution in [0.2, 0.25) is 0 Å². The number of primary sulfonamides is 1. The molecule has 15 nitrogen and oxygen atoms in total. The van der Waals surface area contributed by atoms with E-state index in [1.165, 1.54) is 6.07 Å². The highest BCUT2D eigenvalue weighted by Gasteiger charge is 2.35. The summed E-state index contributed by atoms with van der Waals surface area (Å²) in [7, 11) is -7.24. The Hall–Kier alpha value is -2.64. The van der Waals surface area contributed by atoms with Crippen LogP contribution in [0.15, 0.2) is 39.5 Å². The summed E-state index contributed by atoms with van der Waals surface area (Å²) in [6, 6.07) is 2.15. The molecule has 2 atom stereocenters. The Morgan fingerprint density at radius 2 is 2.00 bits per heavy atom. The van der Waals surface area contributed by atoms with Crippen LogP contribution >= 0.6 is 0 Å². The highest BCUT2D eigenvalue weighted by atomic mass is 32.2. The van der Waals surface area contributed by atoms with E-state index in [1.54, 1.807) is 25.6 Å². The molecule has 1 aromatic heterocycles. The number of hydrogen-bond donors (Lipinski definition) is 7. The Kier molecular flexibility index (Phi) is 7.62. The topological polar surface area (TPSA) is 233 Å². The molecule has 2 aliphatic rings. The van der Waals surface area contributed by atoms with Crippen LogP contribution in [0, 0.1) is 0 Å². The number of piperidine rings is 1. The molecule has 4 rings (SSSR count). The van der Waals surface area contributed by atoms with Gasteiger partial charge in [0.2, 0.25) is 20.0 Å². The van der Waals surface area contributed by atoms with E-state index >= 15 is 0 Å². The monoisotopic (exact) mass is 541 g/mol. The van der Waals surface area contributed by atoms with Crippen molar-refractivity contribution >= 4 is 31.6 Å². The quantitative estimate of drug-likeness (QED) is 0.171. The van der Waals surface area contributed by atoms with E-state index in [2.05, 4.69) is 30.8 Å². The molecule has 2 aliphatic heterocycles. The van der Waals surface area contributed by atoms with E-state index < -0.39 is 35.9 Å². The predicted molar refractivity (Wildman–Crippen MR) is 133 cm³/mol. The Morgan fingerprint density at radius 3 is 2.56 bits per heavy atom. The first-order valence-electron chi connectivity index (χ1n) is 11.3. The number of quaternary nitrogens is 1. The third-order valence-electron chi connectivity index (χ3n) is 6.14. The van der Waals surface area contributed by atoms with E-state index in [-0.39, 0.29) is 30.4 Å². The number of hydrogen-bond acceptors (Lipinski definition) is 10. The Balaban J connectivity index is 1.79. The van der Waals surface area contributed by atoms with Gasteiger partial charge in [0.1, 0.15) is 9.79 Å². The molecule has 1 fully saturated rings. The van der Waals surface area contributed by atoms with Crippen molar-refractivity contribution in [3.8, 4) is 0 Å². The summed E-state index contributed by atoms with van der Waals surface area (Å²) in [4.78, 5) is 8.14. The predicted octanol–water partition coefficient (Wildman–Crippen LogP) is -3.01. The minimum Gasteiger partial charge on any atom is -0.417 e. The van der Waals surface area contributed by atoms with Crippen LogP contribution in [0.3, 0.4) is 0 Å². The zero-order chi connectivity index (χ0) is 26.1. The van der Waals surface area contributed by atoms with Crippen LogP contribution in [0.4, 0.5) is 5.69 Å². The summed E-state index contributed by atoms with van der Waals surface area (Å²) in [5, 5.41) is 10.3. The summed E-state index contributed by atoms with van der Waals surface area (Å²) in [6.45, 7) is 1.04. The average Bonchev–Trinajstić information content (AvgIpc) is 3.53. The van der Waals surface area contributed by atoms with E-state index in [1.807, 2.05) is 4.90 Å². The first-order chi connectivity index (χ1) is 17.0. The third kappa shape index (κ3) is 5.52. The van der Waals surface area contributed by atoms with Crippen LogP contribution in [-0.4, -0.2) is 71.9 Å². The van der Waals surface area contributed by atoms with Gasteiger partial charge in [-0.05, 0) is 25.0 Å². The number of imidazole rings is 1. The van der Waals surface area contributed by atoms with Gasteiger partial charge in [0, 0.05) is 55.7 Å².